The average Bonchev–Trinajstić information content (AvgIpc) is 2.79. The Bertz CT molecular complexity index is 974. The van der Waals surface area contributed by atoms with Crippen molar-refractivity contribution in [2.75, 3.05) is 6.61 Å². The lowest BCUT2D eigenvalue weighted by Gasteiger charge is -2.23. The molecule has 3 rings (SSSR count). The zero-order valence-electron chi connectivity index (χ0n) is 16.8. The molecule has 0 atom stereocenters. The minimum absolute atomic E-state index is 0.0560. The Morgan fingerprint density at radius 1 is 0.900 bits per heavy atom. The molecule has 0 fully saturated rings. The van der Waals surface area contributed by atoms with Crippen LogP contribution in [-0.2, 0) is 17.9 Å². The predicted octanol–water partition coefficient (Wildman–Crippen LogP) is 4.42. The van der Waals surface area contributed by atoms with Gasteiger partial charge < -0.3 is 9.64 Å². The lowest BCUT2D eigenvalue weighted by atomic mass is 10.1. The molecule has 0 aliphatic heterocycles. The SMILES string of the molecule is CCC(=O)c1ccc(OCC(=O)N(Cc2ccncc2)Cc2ccc(F)cc2)cc1. The highest BCUT2D eigenvalue weighted by Crippen LogP contribution is 2.15. The number of benzene rings is 2. The lowest BCUT2D eigenvalue weighted by molar-refractivity contribution is -0.134. The number of halogens is 1. The molecule has 0 saturated carbocycles. The molecular weight excluding hydrogens is 383 g/mol. The van der Waals surface area contributed by atoms with Gasteiger partial charge in [-0.3, -0.25) is 14.6 Å². The molecule has 0 radical (unpaired) electrons. The molecule has 6 heteroatoms. The number of amides is 1. The van der Waals surface area contributed by atoms with E-state index in [1.54, 1.807) is 53.7 Å². The van der Waals surface area contributed by atoms with E-state index in [1.165, 1.54) is 12.1 Å². The molecule has 30 heavy (non-hydrogen) atoms. The molecule has 0 spiro atoms. The van der Waals surface area contributed by atoms with Crippen molar-refractivity contribution in [3.63, 3.8) is 0 Å². The summed E-state index contributed by atoms with van der Waals surface area (Å²) in [5.41, 5.74) is 2.37. The zero-order valence-corrected chi connectivity index (χ0v) is 16.8. The summed E-state index contributed by atoms with van der Waals surface area (Å²) in [4.78, 5) is 30.2. The third-order valence-electron chi connectivity index (χ3n) is 4.62. The molecule has 1 amide bonds. The Labute approximate surface area is 175 Å². The third-order valence-corrected chi connectivity index (χ3v) is 4.62. The van der Waals surface area contributed by atoms with Gasteiger partial charge in [0.15, 0.2) is 12.4 Å². The van der Waals surface area contributed by atoms with Gasteiger partial charge in [-0.2, -0.15) is 0 Å². The first-order valence-electron chi connectivity index (χ1n) is 9.72. The summed E-state index contributed by atoms with van der Waals surface area (Å²) in [6, 6.07) is 16.5. The number of ketones is 1. The first-order valence-corrected chi connectivity index (χ1v) is 9.72. The van der Waals surface area contributed by atoms with Crippen LogP contribution in [0.25, 0.3) is 0 Å². The summed E-state index contributed by atoms with van der Waals surface area (Å²) in [6.07, 6.45) is 3.78. The van der Waals surface area contributed by atoms with Crippen molar-refractivity contribution >= 4 is 11.7 Å². The maximum Gasteiger partial charge on any atom is 0.261 e. The van der Waals surface area contributed by atoms with E-state index in [0.29, 0.717) is 30.8 Å². The quantitative estimate of drug-likeness (QED) is 0.494. The number of nitrogens with zero attached hydrogens (tertiary/aromatic N) is 2. The van der Waals surface area contributed by atoms with Crippen LogP contribution in [0.1, 0.15) is 34.8 Å². The van der Waals surface area contributed by atoms with Gasteiger partial charge in [-0.15, -0.1) is 0 Å². The molecule has 154 valence electrons. The molecular formula is C24H23FN2O3. The van der Waals surface area contributed by atoms with Crippen LogP contribution in [-0.4, -0.2) is 28.2 Å². The maximum absolute atomic E-state index is 13.2. The van der Waals surface area contributed by atoms with E-state index in [4.69, 9.17) is 4.74 Å². The Morgan fingerprint density at radius 3 is 2.10 bits per heavy atom. The van der Waals surface area contributed by atoms with E-state index < -0.39 is 0 Å². The molecule has 0 unspecified atom stereocenters. The highest BCUT2D eigenvalue weighted by Gasteiger charge is 2.16. The predicted molar refractivity (Wildman–Crippen MR) is 111 cm³/mol. The van der Waals surface area contributed by atoms with Gasteiger partial charge in [-0.05, 0) is 59.7 Å². The summed E-state index contributed by atoms with van der Waals surface area (Å²) in [5, 5.41) is 0. The van der Waals surface area contributed by atoms with Gasteiger partial charge in [0.1, 0.15) is 11.6 Å². The highest BCUT2D eigenvalue weighted by molar-refractivity contribution is 5.95. The first kappa shape index (κ1) is 21.2. The largest absolute Gasteiger partial charge is 0.484 e. The summed E-state index contributed by atoms with van der Waals surface area (Å²) in [7, 11) is 0. The van der Waals surface area contributed by atoms with Crippen molar-refractivity contribution < 1.29 is 18.7 Å². The van der Waals surface area contributed by atoms with E-state index in [2.05, 4.69) is 4.98 Å². The van der Waals surface area contributed by atoms with Gasteiger partial charge in [0.2, 0.25) is 0 Å². The van der Waals surface area contributed by atoms with Gasteiger partial charge in [0.25, 0.3) is 5.91 Å². The zero-order chi connectivity index (χ0) is 21.3. The standard InChI is InChI=1S/C24H23FN2O3/c1-2-23(28)20-5-9-22(10-6-20)30-17-24(29)27(16-19-11-13-26-14-12-19)15-18-3-7-21(25)8-4-18/h3-14H,2,15-17H2,1H3. The summed E-state index contributed by atoms with van der Waals surface area (Å²) in [5.74, 6) is 0.0473. The van der Waals surface area contributed by atoms with Crippen molar-refractivity contribution in [2.45, 2.75) is 26.4 Å². The van der Waals surface area contributed by atoms with Crippen LogP contribution in [0.5, 0.6) is 5.75 Å². The second kappa shape index (κ2) is 10.3. The van der Waals surface area contributed by atoms with Crippen molar-refractivity contribution in [3.05, 3.63) is 95.6 Å². The third kappa shape index (κ3) is 5.98. The summed E-state index contributed by atoms with van der Waals surface area (Å²) < 4.78 is 18.8. The number of Topliss-reactive ketones (excluding diaryl/α,β-unsaturated/α-hetero) is 1. The van der Waals surface area contributed by atoms with Crippen LogP contribution in [0.2, 0.25) is 0 Å². The number of hydrogen-bond acceptors (Lipinski definition) is 4. The van der Waals surface area contributed by atoms with Crippen LogP contribution >= 0.6 is 0 Å². The molecule has 5 nitrogen and oxygen atoms in total. The fraction of sp³-hybridized carbons (Fsp3) is 0.208. The average molecular weight is 406 g/mol. The summed E-state index contributed by atoms with van der Waals surface area (Å²) >= 11 is 0. The Kier molecular flexibility index (Phi) is 7.27. The van der Waals surface area contributed by atoms with Crippen LogP contribution < -0.4 is 4.74 Å². The van der Waals surface area contributed by atoms with Crippen LogP contribution in [0.4, 0.5) is 4.39 Å². The summed E-state index contributed by atoms with van der Waals surface area (Å²) in [6.45, 7) is 2.37. The number of carbonyl (C=O) groups excluding carboxylic acids is 2. The smallest absolute Gasteiger partial charge is 0.261 e. The first-order chi connectivity index (χ1) is 14.5. The van der Waals surface area contributed by atoms with E-state index in [9.17, 15) is 14.0 Å². The van der Waals surface area contributed by atoms with Gasteiger partial charge in [0.05, 0.1) is 0 Å². The van der Waals surface area contributed by atoms with Crippen LogP contribution in [0, 0.1) is 5.82 Å². The molecule has 0 N–H and O–H groups in total. The van der Waals surface area contributed by atoms with Crippen molar-refractivity contribution in [1.82, 2.24) is 9.88 Å². The number of rotatable bonds is 9. The minimum Gasteiger partial charge on any atom is -0.484 e. The molecule has 0 bridgehead atoms. The van der Waals surface area contributed by atoms with Gasteiger partial charge >= 0.3 is 0 Å². The number of pyridine rings is 1. The molecule has 1 heterocycles. The topological polar surface area (TPSA) is 59.5 Å². The number of aromatic nitrogens is 1. The van der Waals surface area contributed by atoms with Crippen molar-refractivity contribution in [1.29, 1.82) is 0 Å². The molecule has 2 aromatic carbocycles. The normalized spacial score (nSPS) is 10.5. The van der Waals surface area contributed by atoms with Gasteiger partial charge in [-0.1, -0.05) is 19.1 Å². The molecule has 0 saturated heterocycles. The minimum atomic E-state index is -0.320. The number of hydrogen-bond donors (Lipinski definition) is 0. The van der Waals surface area contributed by atoms with E-state index in [0.717, 1.165) is 11.1 Å². The highest BCUT2D eigenvalue weighted by atomic mass is 19.1. The van der Waals surface area contributed by atoms with E-state index in [-0.39, 0.29) is 24.1 Å². The molecule has 0 aliphatic carbocycles. The Hall–Kier alpha value is -3.54. The van der Waals surface area contributed by atoms with Crippen LogP contribution in [0.15, 0.2) is 73.1 Å². The van der Waals surface area contributed by atoms with Gasteiger partial charge in [0, 0.05) is 37.5 Å². The fourth-order valence-corrected chi connectivity index (χ4v) is 2.93. The number of ether oxygens (including phenoxy) is 1. The molecule has 1 aromatic heterocycles. The maximum atomic E-state index is 13.2. The van der Waals surface area contributed by atoms with Crippen LogP contribution in [0.3, 0.4) is 0 Å². The second-order valence-corrected chi connectivity index (χ2v) is 6.82. The lowest BCUT2D eigenvalue weighted by Crippen LogP contribution is -2.34. The number of carbonyl (C=O) groups is 2. The van der Waals surface area contributed by atoms with Crippen molar-refractivity contribution in [3.8, 4) is 5.75 Å². The van der Waals surface area contributed by atoms with E-state index in [1.807, 2.05) is 19.1 Å². The molecule has 3 aromatic rings. The fourth-order valence-electron chi connectivity index (χ4n) is 2.93. The monoisotopic (exact) mass is 406 g/mol. The van der Waals surface area contributed by atoms with Crippen molar-refractivity contribution in [2.24, 2.45) is 0 Å². The van der Waals surface area contributed by atoms with E-state index >= 15 is 0 Å². The second-order valence-electron chi connectivity index (χ2n) is 6.82. The Balaban J connectivity index is 1.67. The van der Waals surface area contributed by atoms with Gasteiger partial charge in [-0.25, -0.2) is 4.39 Å². The molecule has 0 aliphatic rings. The Morgan fingerprint density at radius 2 is 1.50 bits per heavy atom.